The average Bonchev–Trinajstić information content (AvgIpc) is 2.75. The zero-order valence-corrected chi connectivity index (χ0v) is 13.3. The minimum Gasteiger partial charge on any atom is -0.381 e. The maximum Gasteiger partial charge on any atom is 0.193 e. The summed E-state index contributed by atoms with van der Waals surface area (Å²) in [5, 5.41) is 3.63. The standard InChI is InChI=1S/C15H29N3O/c1-14(2)12(15(14,3)4)17-13(16-5)18(6)9-11-7-8-19-10-11/h11-12H,7-10H2,1-6H3,(H,16,17). The van der Waals surface area contributed by atoms with Crippen molar-refractivity contribution in [1.82, 2.24) is 10.2 Å². The summed E-state index contributed by atoms with van der Waals surface area (Å²) in [6.07, 6.45) is 1.17. The lowest BCUT2D eigenvalue weighted by Crippen LogP contribution is -2.43. The Morgan fingerprint density at radius 1 is 1.32 bits per heavy atom. The van der Waals surface area contributed by atoms with Gasteiger partial charge in [-0.1, -0.05) is 27.7 Å². The highest BCUT2D eigenvalue weighted by Gasteiger charge is 2.65. The topological polar surface area (TPSA) is 36.9 Å². The van der Waals surface area contributed by atoms with Crippen molar-refractivity contribution in [3.8, 4) is 0 Å². The highest BCUT2D eigenvalue weighted by Crippen LogP contribution is 2.62. The van der Waals surface area contributed by atoms with Crippen molar-refractivity contribution in [2.45, 2.75) is 40.2 Å². The highest BCUT2D eigenvalue weighted by atomic mass is 16.5. The van der Waals surface area contributed by atoms with Crippen LogP contribution in [0, 0.1) is 16.7 Å². The van der Waals surface area contributed by atoms with Crippen molar-refractivity contribution in [3.05, 3.63) is 0 Å². The molecule has 2 aliphatic rings. The summed E-state index contributed by atoms with van der Waals surface area (Å²) in [4.78, 5) is 6.67. The van der Waals surface area contributed by atoms with Crippen LogP contribution in [0.4, 0.5) is 0 Å². The lowest BCUT2D eigenvalue weighted by Gasteiger charge is -2.25. The van der Waals surface area contributed by atoms with Gasteiger partial charge in [0.1, 0.15) is 0 Å². The monoisotopic (exact) mass is 267 g/mol. The van der Waals surface area contributed by atoms with Gasteiger partial charge in [-0.15, -0.1) is 0 Å². The number of rotatable bonds is 3. The third-order valence-corrected chi connectivity index (χ3v) is 5.42. The second-order valence-corrected chi connectivity index (χ2v) is 7.18. The summed E-state index contributed by atoms with van der Waals surface area (Å²) >= 11 is 0. The molecule has 0 aromatic rings. The van der Waals surface area contributed by atoms with Crippen molar-refractivity contribution in [2.24, 2.45) is 21.7 Å². The van der Waals surface area contributed by atoms with Gasteiger partial charge in [-0.25, -0.2) is 0 Å². The van der Waals surface area contributed by atoms with Crippen molar-refractivity contribution in [1.29, 1.82) is 0 Å². The summed E-state index contributed by atoms with van der Waals surface area (Å²) in [6.45, 7) is 12.1. The fraction of sp³-hybridized carbons (Fsp3) is 0.933. The molecule has 2 fully saturated rings. The molecular weight excluding hydrogens is 238 g/mol. The lowest BCUT2D eigenvalue weighted by atomic mass is 10.0. The maximum absolute atomic E-state index is 5.44. The second kappa shape index (κ2) is 4.97. The number of nitrogens with one attached hydrogen (secondary N) is 1. The zero-order chi connectivity index (χ0) is 14.3. The van der Waals surface area contributed by atoms with E-state index >= 15 is 0 Å². The third-order valence-electron chi connectivity index (χ3n) is 5.42. The average molecular weight is 267 g/mol. The van der Waals surface area contributed by atoms with Gasteiger partial charge >= 0.3 is 0 Å². The number of ether oxygens (including phenoxy) is 1. The van der Waals surface area contributed by atoms with Crippen LogP contribution in [0.3, 0.4) is 0 Å². The normalized spacial score (nSPS) is 29.4. The molecule has 4 nitrogen and oxygen atoms in total. The van der Waals surface area contributed by atoms with Gasteiger partial charge in [0.05, 0.1) is 6.61 Å². The first-order chi connectivity index (χ1) is 8.80. The van der Waals surface area contributed by atoms with E-state index in [9.17, 15) is 0 Å². The van der Waals surface area contributed by atoms with Crippen LogP contribution in [-0.2, 0) is 4.74 Å². The molecule has 1 aliphatic heterocycles. The summed E-state index contributed by atoms with van der Waals surface area (Å²) in [7, 11) is 3.99. The van der Waals surface area contributed by atoms with Gasteiger partial charge in [-0.3, -0.25) is 4.99 Å². The van der Waals surface area contributed by atoms with Crippen LogP contribution in [0.5, 0.6) is 0 Å². The van der Waals surface area contributed by atoms with Crippen LogP contribution in [0.25, 0.3) is 0 Å². The predicted octanol–water partition coefficient (Wildman–Crippen LogP) is 1.96. The summed E-state index contributed by atoms with van der Waals surface area (Å²) in [6, 6.07) is 0.501. The molecule has 0 radical (unpaired) electrons. The Balaban J connectivity index is 1.90. The molecule has 1 heterocycles. The van der Waals surface area contributed by atoms with Gasteiger partial charge in [0.2, 0.25) is 0 Å². The van der Waals surface area contributed by atoms with Gasteiger partial charge in [0.15, 0.2) is 5.96 Å². The Labute approximate surface area is 117 Å². The molecule has 0 bridgehead atoms. The van der Waals surface area contributed by atoms with Crippen LogP contribution in [0.2, 0.25) is 0 Å². The Morgan fingerprint density at radius 3 is 2.37 bits per heavy atom. The lowest BCUT2D eigenvalue weighted by molar-refractivity contribution is 0.181. The number of hydrogen-bond acceptors (Lipinski definition) is 2. The van der Waals surface area contributed by atoms with Crippen molar-refractivity contribution >= 4 is 5.96 Å². The molecule has 1 atom stereocenters. The zero-order valence-electron chi connectivity index (χ0n) is 13.3. The Kier molecular flexibility index (Phi) is 3.83. The Bertz CT molecular complexity index is 342. The van der Waals surface area contributed by atoms with E-state index in [4.69, 9.17) is 4.74 Å². The molecule has 1 saturated heterocycles. The molecular formula is C15H29N3O. The largest absolute Gasteiger partial charge is 0.381 e. The van der Waals surface area contributed by atoms with E-state index in [1.54, 1.807) is 0 Å². The molecule has 0 spiro atoms. The van der Waals surface area contributed by atoms with Gasteiger partial charge in [-0.2, -0.15) is 0 Å². The minimum absolute atomic E-state index is 0.334. The quantitative estimate of drug-likeness (QED) is 0.627. The summed E-state index contributed by atoms with van der Waals surface area (Å²) in [5.74, 6) is 1.65. The maximum atomic E-state index is 5.44. The van der Waals surface area contributed by atoms with Crippen LogP contribution in [-0.4, -0.2) is 50.8 Å². The molecule has 1 saturated carbocycles. The molecule has 0 aromatic heterocycles. The molecule has 0 aromatic carbocycles. The van der Waals surface area contributed by atoms with Gasteiger partial charge in [0.25, 0.3) is 0 Å². The van der Waals surface area contributed by atoms with Crippen molar-refractivity contribution in [3.63, 3.8) is 0 Å². The van der Waals surface area contributed by atoms with Crippen LogP contribution in [0.15, 0.2) is 4.99 Å². The first-order valence-corrected chi connectivity index (χ1v) is 7.33. The van der Waals surface area contributed by atoms with Crippen LogP contribution < -0.4 is 5.32 Å². The van der Waals surface area contributed by atoms with Gasteiger partial charge in [0, 0.05) is 39.2 Å². The smallest absolute Gasteiger partial charge is 0.193 e. The molecule has 110 valence electrons. The fourth-order valence-electron chi connectivity index (χ4n) is 3.23. The summed E-state index contributed by atoms with van der Waals surface area (Å²) in [5.41, 5.74) is 0.667. The molecule has 1 unspecified atom stereocenters. The van der Waals surface area contributed by atoms with E-state index in [0.29, 0.717) is 22.8 Å². The Hall–Kier alpha value is -0.770. The predicted molar refractivity (Wildman–Crippen MR) is 79.4 cm³/mol. The van der Waals surface area contributed by atoms with Gasteiger partial charge in [-0.05, 0) is 17.3 Å². The van der Waals surface area contributed by atoms with E-state index in [0.717, 1.165) is 25.7 Å². The number of hydrogen-bond donors (Lipinski definition) is 1. The van der Waals surface area contributed by atoms with Crippen molar-refractivity contribution in [2.75, 3.05) is 33.9 Å². The minimum atomic E-state index is 0.334. The molecule has 2 rings (SSSR count). The Morgan fingerprint density at radius 2 is 1.95 bits per heavy atom. The van der Waals surface area contributed by atoms with Crippen molar-refractivity contribution < 1.29 is 4.74 Å². The van der Waals surface area contributed by atoms with E-state index in [2.05, 4.69) is 50.0 Å². The molecule has 19 heavy (non-hydrogen) atoms. The molecule has 0 amide bonds. The van der Waals surface area contributed by atoms with E-state index in [1.807, 2.05) is 7.05 Å². The number of guanidine groups is 1. The number of aliphatic imine (C=N–C) groups is 1. The van der Waals surface area contributed by atoms with Gasteiger partial charge < -0.3 is 15.0 Å². The first kappa shape index (κ1) is 14.6. The SMILES string of the molecule is CN=C(NC1C(C)(C)C1(C)C)N(C)CC1CCOC1. The fourth-order valence-corrected chi connectivity index (χ4v) is 3.23. The van der Waals surface area contributed by atoms with E-state index in [-0.39, 0.29) is 0 Å². The third kappa shape index (κ3) is 2.60. The molecule has 1 N–H and O–H groups in total. The highest BCUT2D eigenvalue weighted by molar-refractivity contribution is 5.80. The molecule has 1 aliphatic carbocycles. The first-order valence-electron chi connectivity index (χ1n) is 7.33. The van der Waals surface area contributed by atoms with E-state index < -0.39 is 0 Å². The second-order valence-electron chi connectivity index (χ2n) is 7.18. The summed E-state index contributed by atoms with van der Waals surface area (Å²) < 4.78 is 5.44. The van der Waals surface area contributed by atoms with Crippen LogP contribution in [0.1, 0.15) is 34.1 Å². The van der Waals surface area contributed by atoms with Crippen LogP contribution >= 0.6 is 0 Å². The number of nitrogens with zero attached hydrogens (tertiary/aromatic N) is 2. The van der Waals surface area contributed by atoms with E-state index in [1.165, 1.54) is 6.42 Å². The molecule has 4 heteroatoms.